The standard InChI is InChI=1S/C22H23F3N4O3.C22H25F3N2O3/c23-22(24,25)31-18-4-2-1-3-16(18)20-17(21(32-28-20)12-5-6-12)11-30-15-9-13-7-8-14(10-15)19(13)27-29-26;23-22(24,25)29-18-4-2-1-3-16(18)20-17(21(30-27-20)12-5-6-12)11-28-15-9-13-7-8-14(10-15)19(13)26/h1-4,12-15,19H,5-11H2;1-4,12-15,19H,5-11,26H2. The van der Waals surface area contributed by atoms with Gasteiger partial charge in [0.05, 0.1) is 25.4 Å². The molecule has 4 unspecified atom stereocenters. The Labute approximate surface area is 353 Å². The third-order valence-electron chi connectivity index (χ3n) is 13.5. The van der Waals surface area contributed by atoms with Crippen LogP contribution in [0, 0.1) is 23.7 Å². The lowest BCUT2D eigenvalue weighted by molar-refractivity contribution is -0.275. The van der Waals surface area contributed by atoms with E-state index in [1.54, 1.807) is 24.3 Å². The summed E-state index contributed by atoms with van der Waals surface area (Å²) in [6.45, 7) is 0.478. The Morgan fingerprint density at radius 2 is 1.03 bits per heavy atom. The van der Waals surface area contributed by atoms with E-state index in [4.69, 9.17) is 29.8 Å². The lowest BCUT2D eigenvalue weighted by Gasteiger charge is -2.33. The fourth-order valence-electron chi connectivity index (χ4n) is 10.3. The SMILES string of the molecule is NC1C2CCC1CC(OCc1c(-c3ccccc3OC(F)(F)F)noc1C1CC1)C2.[N-]=[N+]=NC1C2CCC1CC(OCc1c(-c3ccccc3OC(F)(F)F)noc1C1CC1)C2. The Balaban J connectivity index is 0.000000158. The minimum absolute atomic E-state index is 0.00844. The molecule has 2 heterocycles. The molecule has 6 fully saturated rings. The number of rotatable bonds is 13. The minimum atomic E-state index is -4.81. The largest absolute Gasteiger partial charge is 0.573 e. The van der Waals surface area contributed by atoms with Gasteiger partial charge in [0.1, 0.15) is 34.4 Å². The van der Waals surface area contributed by atoms with Crippen LogP contribution in [0.3, 0.4) is 0 Å². The van der Waals surface area contributed by atoms with Crippen molar-refractivity contribution in [1.82, 2.24) is 10.3 Å². The zero-order valence-corrected chi connectivity index (χ0v) is 33.8. The van der Waals surface area contributed by atoms with Crippen LogP contribution in [0.5, 0.6) is 11.5 Å². The van der Waals surface area contributed by atoms with Crippen LogP contribution in [-0.2, 0) is 22.7 Å². The van der Waals surface area contributed by atoms with Crippen LogP contribution in [0.25, 0.3) is 33.0 Å². The van der Waals surface area contributed by atoms with Gasteiger partial charge in [-0.15, -0.1) is 26.3 Å². The highest BCUT2D eigenvalue weighted by Crippen LogP contribution is 2.49. The van der Waals surface area contributed by atoms with E-state index in [9.17, 15) is 26.3 Å². The Hall–Kier alpha value is -4.77. The van der Waals surface area contributed by atoms with Gasteiger partial charge in [-0.05, 0) is 131 Å². The molecule has 62 heavy (non-hydrogen) atoms. The lowest BCUT2D eigenvalue weighted by atomic mass is 9.83. The highest BCUT2D eigenvalue weighted by atomic mass is 19.4. The molecule has 4 aromatic rings. The van der Waals surface area contributed by atoms with Crippen LogP contribution in [0.15, 0.2) is 62.7 Å². The summed E-state index contributed by atoms with van der Waals surface area (Å²) in [6.07, 6.45) is 2.30. The maximum atomic E-state index is 12.9. The van der Waals surface area contributed by atoms with Crippen LogP contribution in [0.1, 0.15) is 112 Å². The Bertz CT molecular complexity index is 2220. The van der Waals surface area contributed by atoms with E-state index in [0.29, 0.717) is 46.4 Å². The van der Waals surface area contributed by atoms with Crippen molar-refractivity contribution in [2.24, 2.45) is 34.5 Å². The van der Waals surface area contributed by atoms with Gasteiger partial charge in [-0.25, -0.2) is 0 Å². The van der Waals surface area contributed by atoms with Crippen molar-refractivity contribution < 1.29 is 54.3 Å². The van der Waals surface area contributed by atoms with Crippen LogP contribution in [0.4, 0.5) is 26.3 Å². The van der Waals surface area contributed by atoms with Crippen LogP contribution >= 0.6 is 0 Å². The van der Waals surface area contributed by atoms with Crippen molar-refractivity contribution in [2.45, 2.75) is 139 Å². The van der Waals surface area contributed by atoms with Crippen LogP contribution < -0.4 is 15.2 Å². The molecule has 4 bridgehead atoms. The van der Waals surface area contributed by atoms with Crippen molar-refractivity contribution in [2.75, 3.05) is 0 Å². The molecule has 0 amide bonds. The topological polar surface area (TPSA) is 164 Å². The summed E-state index contributed by atoms with van der Waals surface area (Å²) in [5, 5.41) is 12.2. The van der Waals surface area contributed by atoms with E-state index in [0.717, 1.165) is 88.4 Å². The average molecular weight is 871 g/mol. The van der Waals surface area contributed by atoms with Gasteiger partial charge in [0, 0.05) is 51.1 Å². The number of azide groups is 1. The second-order valence-electron chi connectivity index (χ2n) is 17.7. The molecule has 0 radical (unpaired) electrons. The summed E-state index contributed by atoms with van der Waals surface area (Å²) >= 11 is 0. The highest BCUT2D eigenvalue weighted by Gasteiger charge is 2.44. The van der Waals surface area contributed by atoms with Crippen LogP contribution in [-0.4, -0.2) is 47.3 Å². The van der Waals surface area contributed by atoms with E-state index in [2.05, 4.69) is 29.8 Å². The van der Waals surface area contributed by atoms with E-state index in [-0.39, 0.29) is 72.0 Å². The van der Waals surface area contributed by atoms with E-state index < -0.39 is 12.7 Å². The average Bonchev–Trinajstić information content (AvgIpc) is 4.14. The number of alkyl halides is 6. The quantitative estimate of drug-likeness (QED) is 0.0596. The molecule has 10 rings (SSSR count). The summed E-state index contributed by atoms with van der Waals surface area (Å²) < 4.78 is 110. The molecular weight excluding hydrogens is 823 g/mol. The van der Waals surface area contributed by atoms with Gasteiger partial charge in [-0.2, -0.15) is 0 Å². The van der Waals surface area contributed by atoms with Gasteiger partial charge >= 0.3 is 12.7 Å². The number of hydrogen-bond acceptors (Lipinski definition) is 10. The molecule has 0 saturated heterocycles. The summed E-state index contributed by atoms with van der Waals surface area (Å²) in [5.74, 6) is 2.93. The van der Waals surface area contributed by atoms with Crippen molar-refractivity contribution in [3.63, 3.8) is 0 Å². The molecule has 0 aliphatic heterocycles. The first-order valence-corrected chi connectivity index (χ1v) is 21.5. The third-order valence-corrected chi connectivity index (χ3v) is 13.5. The summed E-state index contributed by atoms with van der Waals surface area (Å²) in [5.41, 5.74) is 17.7. The molecule has 6 aliphatic rings. The molecule has 6 aliphatic carbocycles. The van der Waals surface area contributed by atoms with Gasteiger partial charge < -0.3 is 33.7 Å². The highest BCUT2D eigenvalue weighted by molar-refractivity contribution is 5.71. The second-order valence-corrected chi connectivity index (χ2v) is 17.7. The summed E-state index contributed by atoms with van der Waals surface area (Å²) in [4.78, 5) is 3.00. The first-order valence-electron chi connectivity index (χ1n) is 21.5. The first-order chi connectivity index (χ1) is 29.8. The lowest BCUT2D eigenvalue weighted by Crippen LogP contribution is -2.40. The maximum Gasteiger partial charge on any atom is 0.573 e. The molecule has 2 aromatic carbocycles. The number of nitrogens with zero attached hydrogens (tertiary/aromatic N) is 5. The Kier molecular flexibility index (Phi) is 11.9. The first kappa shape index (κ1) is 42.5. The number of benzene rings is 2. The van der Waals surface area contributed by atoms with E-state index in [1.807, 2.05) is 0 Å². The zero-order valence-electron chi connectivity index (χ0n) is 33.8. The fraction of sp³-hybridized carbons (Fsp3) is 0.591. The van der Waals surface area contributed by atoms with E-state index in [1.165, 1.54) is 24.3 Å². The maximum absolute atomic E-state index is 12.9. The second kappa shape index (κ2) is 17.4. The zero-order chi connectivity index (χ0) is 43.2. The van der Waals surface area contributed by atoms with Gasteiger partial charge in [-0.3, -0.25) is 0 Å². The monoisotopic (exact) mass is 870 g/mol. The normalized spacial score (nSPS) is 27.9. The van der Waals surface area contributed by atoms with Crippen molar-refractivity contribution >= 4 is 0 Å². The number of para-hydroxylation sites is 2. The number of ether oxygens (including phenoxy) is 4. The number of nitrogens with two attached hydrogens (primary N) is 1. The predicted octanol–water partition coefficient (Wildman–Crippen LogP) is 11.7. The molecule has 2 N–H and O–H groups in total. The van der Waals surface area contributed by atoms with Crippen LogP contribution in [0.2, 0.25) is 0 Å². The third kappa shape index (κ3) is 9.58. The summed E-state index contributed by atoms with van der Waals surface area (Å²) in [6, 6.07) is 12.3. The van der Waals surface area contributed by atoms with Gasteiger partial charge in [0.25, 0.3) is 0 Å². The summed E-state index contributed by atoms with van der Waals surface area (Å²) in [7, 11) is 0. The molecule has 0 spiro atoms. The van der Waals surface area contributed by atoms with Crippen molar-refractivity contribution in [3.05, 3.63) is 81.6 Å². The molecule has 2 aromatic heterocycles. The molecule has 12 nitrogen and oxygen atoms in total. The number of halogens is 6. The molecule has 6 saturated carbocycles. The van der Waals surface area contributed by atoms with Crippen molar-refractivity contribution in [3.8, 4) is 34.0 Å². The Morgan fingerprint density at radius 1 is 0.629 bits per heavy atom. The molecular formula is C44H48F6N6O6. The van der Waals surface area contributed by atoms with Crippen molar-refractivity contribution in [1.29, 1.82) is 0 Å². The van der Waals surface area contributed by atoms with E-state index >= 15 is 0 Å². The number of fused-ring (bicyclic) bond motifs is 4. The molecule has 332 valence electrons. The minimum Gasteiger partial charge on any atom is -0.405 e. The smallest absolute Gasteiger partial charge is 0.405 e. The predicted molar refractivity (Wildman–Crippen MR) is 210 cm³/mol. The number of aromatic nitrogens is 2. The van der Waals surface area contributed by atoms with Gasteiger partial charge in [0.15, 0.2) is 0 Å². The van der Waals surface area contributed by atoms with Gasteiger partial charge in [0.2, 0.25) is 0 Å². The molecule has 4 atom stereocenters. The van der Waals surface area contributed by atoms with Gasteiger partial charge in [-0.1, -0.05) is 39.7 Å². The fourth-order valence-corrected chi connectivity index (χ4v) is 10.3. The number of hydrogen-bond donors (Lipinski definition) is 1. The Morgan fingerprint density at radius 3 is 1.44 bits per heavy atom. The molecule has 18 heteroatoms.